The van der Waals surface area contributed by atoms with Crippen molar-refractivity contribution in [3.8, 4) is 22.9 Å². The van der Waals surface area contributed by atoms with Gasteiger partial charge in [-0.2, -0.15) is 4.98 Å². The van der Waals surface area contributed by atoms with Gasteiger partial charge in [0.2, 0.25) is 11.7 Å². The number of aromatic nitrogens is 2. The summed E-state index contributed by atoms with van der Waals surface area (Å²) in [5, 5.41) is 4.07. The number of fused-ring (bicyclic) bond motifs is 2. The zero-order valence-corrected chi connectivity index (χ0v) is 11.7. The standard InChI is InChI=1S/C15H17N3O3/c16-8-12-17-15(18-21-12)13-10-4-2-5-19-11(10)7-9-3-1-6-20-14(9)13/h7H,1-6,8,16H2. The molecule has 21 heavy (non-hydrogen) atoms. The van der Waals surface area contributed by atoms with Crippen LogP contribution >= 0.6 is 0 Å². The lowest BCUT2D eigenvalue weighted by Crippen LogP contribution is -2.15. The summed E-state index contributed by atoms with van der Waals surface area (Å²) in [5.74, 6) is 2.80. The third-order valence-electron chi connectivity index (χ3n) is 3.96. The highest BCUT2D eigenvalue weighted by atomic mass is 16.5. The van der Waals surface area contributed by atoms with Gasteiger partial charge in [0.05, 0.1) is 25.3 Å². The fourth-order valence-electron chi connectivity index (χ4n) is 3.00. The molecule has 0 saturated heterocycles. The summed E-state index contributed by atoms with van der Waals surface area (Å²) < 4.78 is 16.9. The quantitative estimate of drug-likeness (QED) is 0.907. The largest absolute Gasteiger partial charge is 0.493 e. The molecular weight excluding hydrogens is 270 g/mol. The van der Waals surface area contributed by atoms with E-state index in [4.69, 9.17) is 19.7 Å². The van der Waals surface area contributed by atoms with Gasteiger partial charge in [0, 0.05) is 5.56 Å². The van der Waals surface area contributed by atoms with Crippen LogP contribution in [-0.2, 0) is 19.4 Å². The van der Waals surface area contributed by atoms with E-state index in [0.29, 0.717) is 11.7 Å². The highest BCUT2D eigenvalue weighted by molar-refractivity contribution is 5.74. The molecule has 0 unspecified atom stereocenters. The molecule has 2 aliphatic heterocycles. The van der Waals surface area contributed by atoms with Crippen LogP contribution in [0, 0.1) is 0 Å². The summed E-state index contributed by atoms with van der Waals surface area (Å²) in [5.41, 5.74) is 8.77. The number of hydrogen-bond donors (Lipinski definition) is 1. The molecule has 2 aliphatic rings. The number of nitrogens with zero attached hydrogens (tertiary/aromatic N) is 2. The topological polar surface area (TPSA) is 83.4 Å². The number of rotatable bonds is 2. The van der Waals surface area contributed by atoms with Crippen molar-refractivity contribution in [2.75, 3.05) is 13.2 Å². The fraction of sp³-hybridized carbons (Fsp3) is 0.467. The van der Waals surface area contributed by atoms with E-state index in [1.807, 2.05) is 0 Å². The molecule has 0 saturated carbocycles. The maximum atomic E-state index is 5.91. The number of benzene rings is 1. The number of hydrogen-bond acceptors (Lipinski definition) is 6. The van der Waals surface area contributed by atoms with Gasteiger partial charge >= 0.3 is 0 Å². The van der Waals surface area contributed by atoms with E-state index in [1.54, 1.807) is 0 Å². The normalized spacial score (nSPS) is 16.6. The average Bonchev–Trinajstić information content (AvgIpc) is 3.01. The Morgan fingerprint density at radius 3 is 2.86 bits per heavy atom. The maximum Gasteiger partial charge on any atom is 0.240 e. The molecule has 0 radical (unpaired) electrons. The Bertz CT molecular complexity index is 647. The summed E-state index contributed by atoms with van der Waals surface area (Å²) in [6.45, 7) is 1.72. The summed E-state index contributed by atoms with van der Waals surface area (Å²) in [4.78, 5) is 4.38. The van der Waals surface area contributed by atoms with Crippen LogP contribution in [-0.4, -0.2) is 23.4 Å². The van der Waals surface area contributed by atoms with Crippen LogP contribution in [0.15, 0.2) is 10.6 Å². The van der Waals surface area contributed by atoms with E-state index < -0.39 is 0 Å². The van der Waals surface area contributed by atoms with Crippen molar-refractivity contribution >= 4 is 0 Å². The van der Waals surface area contributed by atoms with Crippen LogP contribution in [0.1, 0.15) is 29.9 Å². The second-order valence-corrected chi connectivity index (χ2v) is 5.34. The Hall–Kier alpha value is -2.08. The van der Waals surface area contributed by atoms with Crippen molar-refractivity contribution < 1.29 is 14.0 Å². The molecule has 1 aromatic heterocycles. The summed E-state index contributed by atoms with van der Waals surface area (Å²) in [6, 6.07) is 2.11. The Labute approximate surface area is 122 Å². The molecule has 0 amide bonds. The fourth-order valence-corrected chi connectivity index (χ4v) is 3.00. The van der Waals surface area contributed by atoms with Gasteiger partial charge in [0.15, 0.2) is 0 Å². The lowest BCUT2D eigenvalue weighted by Gasteiger charge is -2.26. The monoisotopic (exact) mass is 287 g/mol. The van der Waals surface area contributed by atoms with Crippen molar-refractivity contribution in [3.63, 3.8) is 0 Å². The molecular formula is C15H17N3O3. The van der Waals surface area contributed by atoms with Gasteiger partial charge in [-0.05, 0) is 37.3 Å². The van der Waals surface area contributed by atoms with E-state index in [1.165, 1.54) is 0 Å². The van der Waals surface area contributed by atoms with Gasteiger partial charge in [0.25, 0.3) is 0 Å². The summed E-state index contributed by atoms with van der Waals surface area (Å²) in [7, 11) is 0. The zero-order valence-electron chi connectivity index (χ0n) is 11.7. The number of nitrogens with two attached hydrogens (primary N) is 1. The minimum absolute atomic E-state index is 0.238. The SMILES string of the molecule is NCc1nc(-c2c3c(cc4c2OCCC4)OCCC3)no1. The van der Waals surface area contributed by atoms with Crippen LogP contribution < -0.4 is 15.2 Å². The Morgan fingerprint density at radius 2 is 2.00 bits per heavy atom. The van der Waals surface area contributed by atoms with Crippen molar-refractivity contribution in [1.29, 1.82) is 0 Å². The van der Waals surface area contributed by atoms with Gasteiger partial charge in [0.1, 0.15) is 11.5 Å². The second-order valence-electron chi connectivity index (χ2n) is 5.34. The molecule has 0 aliphatic carbocycles. The molecule has 6 nitrogen and oxygen atoms in total. The van der Waals surface area contributed by atoms with Crippen LogP contribution in [0.3, 0.4) is 0 Å². The molecule has 0 atom stereocenters. The molecule has 1 aromatic carbocycles. The van der Waals surface area contributed by atoms with Crippen molar-refractivity contribution in [1.82, 2.24) is 10.1 Å². The molecule has 6 heteroatoms. The van der Waals surface area contributed by atoms with Gasteiger partial charge in [-0.15, -0.1) is 0 Å². The van der Waals surface area contributed by atoms with Gasteiger partial charge in [-0.1, -0.05) is 5.16 Å². The van der Waals surface area contributed by atoms with Crippen molar-refractivity contribution in [2.45, 2.75) is 32.2 Å². The second kappa shape index (κ2) is 5.04. The highest BCUT2D eigenvalue weighted by Gasteiger charge is 2.27. The first-order chi connectivity index (χ1) is 10.4. The van der Waals surface area contributed by atoms with Crippen LogP contribution in [0.2, 0.25) is 0 Å². The summed E-state index contributed by atoms with van der Waals surface area (Å²) in [6.07, 6.45) is 3.93. The Morgan fingerprint density at radius 1 is 1.14 bits per heavy atom. The molecule has 0 spiro atoms. The van der Waals surface area contributed by atoms with Crippen LogP contribution in [0.5, 0.6) is 11.5 Å². The van der Waals surface area contributed by atoms with E-state index in [0.717, 1.165) is 67.1 Å². The van der Waals surface area contributed by atoms with E-state index >= 15 is 0 Å². The van der Waals surface area contributed by atoms with Gasteiger partial charge < -0.3 is 19.7 Å². The van der Waals surface area contributed by atoms with Gasteiger partial charge in [-0.25, -0.2) is 0 Å². The maximum absolute atomic E-state index is 5.91. The average molecular weight is 287 g/mol. The lowest BCUT2D eigenvalue weighted by molar-refractivity contribution is 0.274. The first-order valence-electron chi connectivity index (χ1n) is 7.34. The smallest absolute Gasteiger partial charge is 0.240 e. The lowest BCUT2D eigenvalue weighted by atomic mass is 9.93. The first kappa shape index (κ1) is 12.6. The third kappa shape index (κ3) is 2.06. The molecule has 110 valence electrons. The molecule has 4 rings (SSSR count). The number of ether oxygens (including phenoxy) is 2. The van der Waals surface area contributed by atoms with Crippen molar-refractivity contribution in [2.24, 2.45) is 5.73 Å². The van der Waals surface area contributed by atoms with E-state index in [9.17, 15) is 0 Å². The van der Waals surface area contributed by atoms with Crippen LogP contribution in [0.25, 0.3) is 11.4 Å². The number of aryl methyl sites for hydroxylation is 1. The minimum Gasteiger partial charge on any atom is -0.493 e. The molecule has 0 fully saturated rings. The zero-order chi connectivity index (χ0) is 14.2. The third-order valence-corrected chi connectivity index (χ3v) is 3.96. The molecule has 3 heterocycles. The van der Waals surface area contributed by atoms with E-state index in [-0.39, 0.29) is 6.54 Å². The first-order valence-corrected chi connectivity index (χ1v) is 7.34. The highest BCUT2D eigenvalue weighted by Crippen LogP contribution is 2.44. The predicted molar refractivity (Wildman–Crippen MR) is 75.3 cm³/mol. The van der Waals surface area contributed by atoms with E-state index in [2.05, 4.69) is 16.2 Å². The summed E-state index contributed by atoms with van der Waals surface area (Å²) >= 11 is 0. The predicted octanol–water partition coefficient (Wildman–Crippen LogP) is 1.85. The molecule has 2 N–H and O–H groups in total. The van der Waals surface area contributed by atoms with Crippen LogP contribution in [0.4, 0.5) is 0 Å². The van der Waals surface area contributed by atoms with Gasteiger partial charge in [-0.3, -0.25) is 0 Å². The Balaban J connectivity index is 1.93. The molecule has 2 aromatic rings. The van der Waals surface area contributed by atoms with Crippen molar-refractivity contribution in [3.05, 3.63) is 23.1 Å². The minimum atomic E-state index is 0.238. The Kier molecular flexibility index (Phi) is 3.03. The molecule has 0 bridgehead atoms.